The molecule has 1 amide bonds. The number of nitrogens with one attached hydrogen (secondary N) is 1. The van der Waals surface area contributed by atoms with Gasteiger partial charge in [-0.3, -0.25) is 9.59 Å². The maximum absolute atomic E-state index is 13.6. The van der Waals surface area contributed by atoms with Gasteiger partial charge in [0, 0.05) is 30.6 Å². The van der Waals surface area contributed by atoms with Crippen LogP contribution in [0.4, 0.5) is 5.69 Å². The zero-order chi connectivity index (χ0) is 24.5. The van der Waals surface area contributed by atoms with Crippen molar-refractivity contribution in [3.63, 3.8) is 0 Å². The smallest absolute Gasteiger partial charge is 0.324 e. The lowest BCUT2D eigenvalue weighted by Gasteiger charge is -2.33. The standard InChI is InChI=1S/C23H23ClN4O5S/c1-15(29)26-18-7-9-19(10-8-18)34(31,32)28-13-22-20(11-21(28)23(30)33-2)25-14-27(22)12-16-3-5-17(24)6-4-16/h3-10,14,21H,11-13H2,1-2H3,(H,26,29)/t21-/m0/s1. The summed E-state index contributed by atoms with van der Waals surface area (Å²) in [6.45, 7) is 1.80. The molecule has 0 fully saturated rings. The first-order valence-electron chi connectivity index (χ1n) is 10.4. The van der Waals surface area contributed by atoms with Gasteiger partial charge >= 0.3 is 5.97 Å². The molecule has 1 aliphatic heterocycles. The van der Waals surface area contributed by atoms with Crippen molar-refractivity contribution in [2.45, 2.75) is 37.4 Å². The van der Waals surface area contributed by atoms with Gasteiger partial charge in [-0.2, -0.15) is 4.31 Å². The van der Waals surface area contributed by atoms with Crippen LogP contribution in [0.15, 0.2) is 59.8 Å². The number of hydrogen-bond donors (Lipinski definition) is 1. The lowest BCUT2D eigenvalue weighted by atomic mass is 10.1. The zero-order valence-electron chi connectivity index (χ0n) is 18.6. The predicted octanol–water partition coefficient (Wildman–Crippen LogP) is 2.83. The molecule has 0 radical (unpaired) electrons. The molecule has 1 aliphatic rings. The molecule has 0 bridgehead atoms. The van der Waals surface area contributed by atoms with Crippen molar-refractivity contribution in [3.8, 4) is 0 Å². The van der Waals surface area contributed by atoms with E-state index in [0.717, 1.165) is 9.87 Å². The molecule has 178 valence electrons. The fourth-order valence-corrected chi connectivity index (χ4v) is 5.57. The monoisotopic (exact) mass is 502 g/mol. The molecule has 0 spiro atoms. The average molecular weight is 503 g/mol. The molecule has 11 heteroatoms. The number of imidazole rings is 1. The maximum atomic E-state index is 13.6. The first-order chi connectivity index (χ1) is 16.2. The van der Waals surface area contributed by atoms with Crippen molar-refractivity contribution in [1.29, 1.82) is 0 Å². The molecule has 4 rings (SSSR count). The largest absolute Gasteiger partial charge is 0.468 e. The van der Waals surface area contributed by atoms with E-state index in [0.29, 0.717) is 28.6 Å². The summed E-state index contributed by atoms with van der Waals surface area (Å²) in [6, 6.07) is 12.1. The predicted molar refractivity (Wildman–Crippen MR) is 126 cm³/mol. The van der Waals surface area contributed by atoms with Crippen LogP contribution in [0.1, 0.15) is 23.9 Å². The van der Waals surface area contributed by atoms with E-state index in [2.05, 4.69) is 10.3 Å². The van der Waals surface area contributed by atoms with Crippen LogP contribution in [0.3, 0.4) is 0 Å². The number of esters is 1. The lowest BCUT2D eigenvalue weighted by molar-refractivity contribution is -0.145. The number of aromatic nitrogens is 2. The molecule has 1 N–H and O–H groups in total. The molecule has 2 aromatic carbocycles. The highest BCUT2D eigenvalue weighted by Crippen LogP contribution is 2.30. The van der Waals surface area contributed by atoms with Gasteiger partial charge in [0.25, 0.3) is 0 Å². The summed E-state index contributed by atoms with van der Waals surface area (Å²) in [4.78, 5) is 28.2. The second-order valence-electron chi connectivity index (χ2n) is 7.89. The number of halogens is 1. The first kappa shape index (κ1) is 23.9. The van der Waals surface area contributed by atoms with Crippen LogP contribution in [-0.2, 0) is 43.9 Å². The molecule has 1 aromatic heterocycles. The summed E-state index contributed by atoms with van der Waals surface area (Å²) in [6.07, 6.45) is 1.74. The van der Waals surface area contributed by atoms with Crippen molar-refractivity contribution in [2.24, 2.45) is 0 Å². The maximum Gasteiger partial charge on any atom is 0.324 e. The summed E-state index contributed by atoms with van der Waals surface area (Å²) in [5.41, 5.74) is 2.80. The number of nitrogens with zero attached hydrogens (tertiary/aromatic N) is 3. The van der Waals surface area contributed by atoms with E-state index >= 15 is 0 Å². The number of sulfonamides is 1. The summed E-state index contributed by atoms with van der Waals surface area (Å²) in [7, 11) is -2.84. The molecule has 0 saturated carbocycles. The Morgan fingerprint density at radius 3 is 2.44 bits per heavy atom. The van der Waals surface area contributed by atoms with Crippen LogP contribution in [0.25, 0.3) is 0 Å². The number of carbonyl (C=O) groups excluding carboxylic acids is 2. The Hall–Kier alpha value is -3.21. The minimum atomic E-state index is -4.07. The van der Waals surface area contributed by atoms with Gasteiger partial charge in [0.1, 0.15) is 6.04 Å². The van der Waals surface area contributed by atoms with Gasteiger partial charge in [-0.15, -0.1) is 0 Å². The van der Waals surface area contributed by atoms with Gasteiger partial charge < -0.3 is 14.6 Å². The van der Waals surface area contributed by atoms with Crippen LogP contribution >= 0.6 is 11.6 Å². The van der Waals surface area contributed by atoms with Crippen LogP contribution < -0.4 is 5.32 Å². The van der Waals surface area contributed by atoms with Gasteiger partial charge in [0.05, 0.1) is 36.3 Å². The van der Waals surface area contributed by atoms with Gasteiger partial charge in [-0.25, -0.2) is 13.4 Å². The highest BCUT2D eigenvalue weighted by molar-refractivity contribution is 7.89. The number of ether oxygens (including phenoxy) is 1. The second-order valence-corrected chi connectivity index (χ2v) is 10.2. The quantitative estimate of drug-likeness (QED) is 0.519. The number of anilines is 1. The third-order valence-corrected chi connectivity index (χ3v) is 7.71. The molecule has 0 aliphatic carbocycles. The van der Waals surface area contributed by atoms with Gasteiger partial charge in [-0.1, -0.05) is 23.7 Å². The molecule has 34 heavy (non-hydrogen) atoms. The Bertz CT molecular complexity index is 1320. The lowest BCUT2D eigenvalue weighted by Crippen LogP contribution is -2.49. The van der Waals surface area contributed by atoms with E-state index < -0.39 is 22.0 Å². The Kier molecular flexibility index (Phi) is 6.74. The van der Waals surface area contributed by atoms with E-state index in [1.807, 2.05) is 16.7 Å². The Labute approximate surface area is 202 Å². The molecule has 3 aromatic rings. The number of hydrogen-bond acceptors (Lipinski definition) is 6. The SMILES string of the molecule is COC(=O)[C@@H]1Cc2ncn(Cc3ccc(Cl)cc3)c2CN1S(=O)(=O)c1ccc(NC(C)=O)cc1. The molecule has 0 unspecified atom stereocenters. The van der Waals surface area contributed by atoms with Crippen LogP contribution in [0, 0.1) is 0 Å². The highest BCUT2D eigenvalue weighted by Gasteiger charge is 2.42. The normalized spacial score (nSPS) is 16.0. The van der Waals surface area contributed by atoms with E-state index in [1.54, 1.807) is 18.5 Å². The Morgan fingerprint density at radius 2 is 1.82 bits per heavy atom. The third-order valence-electron chi connectivity index (χ3n) is 5.59. The summed E-state index contributed by atoms with van der Waals surface area (Å²) < 4.78 is 35.1. The van der Waals surface area contributed by atoms with Crippen LogP contribution in [0.5, 0.6) is 0 Å². The number of benzene rings is 2. The minimum Gasteiger partial charge on any atom is -0.468 e. The summed E-state index contributed by atoms with van der Waals surface area (Å²) >= 11 is 5.97. The molecule has 9 nitrogen and oxygen atoms in total. The van der Waals surface area contributed by atoms with Crippen molar-refractivity contribution >= 4 is 39.2 Å². The third kappa shape index (κ3) is 4.84. The number of carbonyl (C=O) groups is 2. The van der Waals surface area contributed by atoms with Gasteiger partial charge in [0.15, 0.2) is 0 Å². The first-order valence-corrected chi connectivity index (χ1v) is 12.3. The fraction of sp³-hybridized carbons (Fsp3) is 0.261. The van der Waals surface area contributed by atoms with E-state index in [-0.39, 0.29) is 23.8 Å². The van der Waals surface area contributed by atoms with Gasteiger partial charge in [0.2, 0.25) is 15.9 Å². The van der Waals surface area contributed by atoms with E-state index in [4.69, 9.17) is 16.3 Å². The average Bonchev–Trinajstić information content (AvgIpc) is 3.21. The molecule has 1 atom stereocenters. The highest BCUT2D eigenvalue weighted by atomic mass is 35.5. The Morgan fingerprint density at radius 1 is 1.15 bits per heavy atom. The van der Waals surface area contributed by atoms with Crippen molar-refractivity contribution < 1.29 is 22.7 Å². The molecular formula is C23H23ClN4O5S. The summed E-state index contributed by atoms with van der Waals surface area (Å²) in [5, 5.41) is 3.23. The zero-order valence-corrected chi connectivity index (χ0v) is 20.1. The Balaban J connectivity index is 1.68. The molecule has 2 heterocycles. The molecular weight excluding hydrogens is 480 g/mol. The molecule has 0 saturated heterocycles. The van der Waals surface area contributed by atoms with Crippen molar-refractivity contribution in [3.05, 3.63) is 76.8 Å². The fourth-order valence-electron chi connectivity index (χ4n) is 3.91. The van der Waals surface area contributed by atoms with E-state index in [9.17, 15) is 18.0 Å². The number of rotatable bonds is 6. The number of methoxy groups -OCH3 is 1. The van der Waals surface area contributed by atoms with Crippen LogP contribution in [-0.4, -0.2) is 47.3 Å². The van der Waals surface area contributed by atoms with Gasteiger partial charge in [-0.05, 0) is 42.0 Å². The number of fused-ring (bicyclic) bond motifs is 1. The van der Waals surface area contributed by atoms with Crippen molar-refractivity contribution in [1.82, 2.24) is 13.9 Å². The number of amides is 1. The second kappa shape index (κ2) is 9.57. The van der Waals surface area contributed by atoms with E-state index in [1.165, 1.54) is 38.3 Å². The van der Waals surface area contributed by atoms with Crippen LogP contribution in [0.2, 0.25) is 5.02 Å². The minimum absolute atomic E-state index is 0.00252. The van der Waals surface area contributed by atoms with Crippen molar-refractivity contribution in [2.75, 3.05) is 12.4 Å². The topological polar surface area (TPSA) is 111 Å². The summed E-state index contributed by atoms with van der Waals surface area (Å²) in [5.74, 6) is -0.921.